The van der Waals surface area contributed by atoms with E-state index < -0.39 is 23.6 Å². The molecule has 0 spiro atoms. The number of likely N-dealkylation sites (tertiary alicyclic amines) is 1. The number of hydrogen-bond acceptors (Lipinski definition) is 4. The van der Waals surface area contributed by atoms with Crippen LogP contribution >= 0.6 is 0 Å². The van der Waals surface area contributed by atoms with E-state index >= 15 is 0 Å². The van der Waals surface area contributed by atoms with Crippen LogP contribution in [-0.2, 0) is 22.5 Å². The predicted octanol–water partition coefficient (Wildman–Crippen LogP) is 3.98. The highest BCUT2D eigenvalue weighted by Gasteiger charge is 2.38. The smallest absolute Gasteiger partial charge is 0.411 e. The highest BCUT2D eigenvalue weighted by atomic mass is 16.6. The van der Waals surface area contributed by atoms with E-state index in [2.05, 4.69) is 17.0 Å². The van der Waals surface area contributed by atoms with Gasteiger partial charge in [-0.05, 0) is 44.7 Å². The third-order valence-corrected chi connectivity index (χ3v) is 5.74. The lowest BCUT2D eigenvalue weighted by Crippen LogP contribution is -2.57. The number of piperidine rings is 1. The summed E-state index contributed by atoms with van der Waals surface area (Å²) in [6.45, 7) is 8.07. The monoisotopic (exact) mass is 437 g/mol. The molecule has 1 fully saturated rings. The number of amides is 2. The molecule has 1 saturated heterocycles. The second kappa shape index (κ2) is 10.6. The SMILES string of the molecule is CC(C)(C)OC(=O)N(C1CCN(Cc2ccccc2)CC1)C(Cc1ccccc1)C(N)=O. The molecule has 32 heavy (non-hydrogen) atoms. The first-order chi connectivity index (χ1) is 15.2. The number of hydrogen-bond donors (Lipinski definition) is 1. The van der Waals surface area contributed by atoms with Crippen molar-refractivity contribution in [2.24, 2.45) is 5.73 Å². The Balaban J connectivity index is 1.76. The van der Waals surface area contributed by atoms with Gasteiger partial charge in [0.1, 0.15) is 11.6 Å². The number of nitrogens with zero attached hydrogens (tertiary/aromatic N) is 2. The third-order valence-electron chi connectivity index (χ3n) is 5.74. The Morgan fingerprint density at radius 3 is 2.03 bits per heavy atom. The highest BCUT2D eigenvalue weighted by Crippen LogP contribution is 2.25. The van der Waals surface area contributed by atoms with Crippen molar-refractivity contribution in [2.75, 3.05) is 13.1 Å². The molecule has 2 amide bonds. The van der Waals surface area contributed by atoms with E-state index in [0.717, 1.165) is 38.0 Å². The maximum Gasteiger partial charge on any atom is 0.411 e. The molecule has 1 heterocycles. The molecule has 6 nitrogen and oxygen atoms in total. The Bertz CT molecular complexity index is 872. The van der Waals surface area contributed by atoms with Crippen molar-refractivity contribution in [3.8, 4) is 0 Å². The summed E-state index contributed by atoms with van der Waals surface area (Å²) in [6.07, 6.45) is 1.44. The number of carbonyl (C=O) groups excluding carboxylic acids is 2. The van der Waals surface area contributed by atoms with Gasteiger partial charge in [0, 0.05) is 32.1 Å². The van der Waals surface area contributed by atoms with E-state index in [1.165, 1.54) is 5.56 Å². The quantitative estimate of drug-likeness (QED) is 0.711. The maximum absolute atomic E-state index is 13.2. The minimum Gasteiger partial charge on any atom is -0.444 e. The summed E-state index contributed by atoms with van der Waals surface area (Å²) in [5.74, 6) is -0.508. The molecule has 1 unspecified atom stereocenters. The van der Waals surface area contributed by atoms with Crippen LogP contribution in [0.25, 0.3) is 0 Å². The summed E-state index contributed by atoms with van der Waals surface area (Å²) in [6, 6.07) is 19.2. The molecule has 6 heteroatoms. The number of nitrogens with two attached hydrogens (primary N) is 1. The van der Waals surface area contributed by atoms with Crippen LogP contribution in [0.5, 0.6) is 0 Å². The van der Waals surface area contributed by atoms with Gasteiger partial charge in [0.05, 0.1) is 0 Å². The zero-order valence-corrected chi connectivity index (χ0v) is 19.4. The molecule has 2 aromatic carbocycles. The normalized spacial score (nSPS) is 16.3. The Morgan fingerprint density at radius 2 is 1.53 bits per heavy atom. The van der Waals surface area contributed by atoms with E-state index in [0.29, 0.717) is 6.42 Å². The summed E-state index contributed by atoms with van der Waals surface area (Å²) in [4.78, 5) is 29.8. The van der Waals surface area contributed by atoms with Gasteiger partial charge in [-0.25, -0.2) is 4.79 Å². The molecule has 1 aliphatic rings. The largest absolute Gasteiger partial charge is 0.444 e. The highest BCUT2D eigenvalue weighted by molar-refractivity contribution is 5.85. The minimum atomic E-state index is -0.752. The fraction of sp³-hybridized carbons (Fsp3) is 0.462. The van der Waals surface area contributed by atoms with Crippen LogP contribution in [0.2, 0.25) is 0 Å². The van der Waals surface area contributed by atoms with Gasteiger partial charge in [0.25, 0.3) is 0 Å². The Morgan fingerprint density at radius 1 is 1.00 bits per heavy atom. The van der Waals surface area contributed by atoms with Crippen molar-refractivity contribution in [3.05, 3.63) is 71.8 Å². The van der Waals surface area contributed by atoms with Crippen LogP contribution in [0, 0.1) is 0 Å². The molecule has 172 valence electrons. The lowest BCUT2D eigenvalue weighted by molar-refractivity contribution is -0.124. The van der Waals surface area contributed by atoms with Crippen LogP contribution in [-0.4, -0.2) is 52.6 Å². The first-order valence-electron chi connectivity index (χ1n) is 11.3. The van der Waals surface area contributed by atoms with Crippen LogP contribution in [0.3, 0.4) is 0 Å². The lowest BCUT2D eigenvalue weighted by atomic mass is 9.97. The molecule has 0 aliphatic carbocycles. The van der Waals surface area contributed by atoms with Gasteiger partial charge in [-0.15, -0.1) is 0 Å². The van der Waals surface area contributed by atoms with Crippen LogP contribution < -0.4 is 5.73 Å². The molecule has 3 rings (SSSR count). The van der Waals surface area contributed by atoms with Crippen molar-refractivity contribution >= 4 is 12.0 Å². The third kappa shape index (κ3) is 6.82. The average Bonchev–Trinajstić information content (AvgIpc) is 2.74. The molecular formula is C26H35N3O3. The van der Waals surface area contributed by atoms with Crippen molar-refractivity contribution in [1.82, 2.24) is 9.80 Å². The summed E-state index contributed by atoms with van der Waals surface area (Å²) in [7, 11) is 0. The molecule has 0 aromatic heterocycles. The van der Waals surface area contributed by atoms with Crippen LogP contribution in [0.4, 0.5) is 4.79 Å². The standard InChI is InChI=1S/C26H35N3O3/c1-26(2,3)32-25(31)29(23(24(27)30)18-20-10-6-4-7-11-20)22-14-16-28(17-15-22)19-21-12-8-5-9-13-21/h4-13,22-23H,14-19H2,1-3H3,(H2,27,30). The van der Waals surface area contributed by atoms with Crippen molar-refractivity contribution < 1.29 is 14.3 Å². The number of primary amides is 1. The molecule has 1 atom stereocenters. The summed E-state index contributed by atoms with van der Waals surface area (Å²) in [5.41, 5.74) is 7.41. The van der Waals surface area contributed by atoms with E-state index in [1.807, 2.05) is 69.3 Å². The Hall–Kier alpha value is -2.86. The Labute approximate surface area is 191 Å². The van der Waals surface area contributed by atoms with Gasteiger partial charge in [0.2, 0.25) is 5.91 Å². The lowest BCUT2D eigenvalue weighted by Gasteiger charge is -2.41. The zero-order valence-electron chi connectivity index (χ0n) is 19.4. The van der Waals surface area contributed by atoms with E-state index in [9.17, 15) is 9.59 Å². The van der Waals surface area contributed by atoms with Gasteiger partial charge in [-0.1, -0.05) is 60.7 Å². The molecule has 0 saturated carbocycles. The zero-order chi connectivity index (χ0) is 23.1. The van der Waals surface area contributed by atoms with Gasteiger partial charge in [-0.2, -0.15) is 0 Å². The first-order valence-corrected chi connectivity index (χ1v) is 11.3. The number of carbonyl (C=O) groups is 2. The van der Waals surface area contributed by atoms with Crippen LogP contribution in [0.15, 0.2) is 60.7 Å². The number of benzene rings is 2. The van der Waals surface area contributed by atoms with Gasteiger partial charge < -0.3 is 10.5 Å². The minimum absolute atomic E-state index is 0.0990. The van der Waals surface area contributed by atoms with E-state index in [-0.39, 0.29) is 6.04 Å². The summed E-state index contributed by atoms with van der Waals surface area (Å²) < 4.78 is 5.71. The fourth-order valence-electron chi connectivity index (χ4n) is 4.22. The molecule has 0 bridgehead atoms. The molecular weight excluding hydrogens is 402 g/mol. The number of ether oxygens (including phenoxy) is 1. The van der Waals surface area contributed by atoms with Gasteiger partial charge in [-0.3, -0.25) is 14.6 Å². The number of rotatable bonds is 7. The molecule has 2 N–H and O–H groups in total. The van der Waals surface area contributed by atoms with Crippen molar-refractivity contribution in [1.29, 1.82) is 0 Å². The molecule has 0 radical (unpaired) electrons. The fourth-order valence-corrected chi connectivity index (χ4v) is 4.22. The Kier molecular flexibility index (Phi) is 7.91. The molecule has 1 aliphatic heterocycles. The summed E-state index contributed by atoms with van der Waals surface area (Å²) >= 11 is 0. The predicted molar refractivity (Wildman–Crippen MR) is 126 cm³/mol. The maximum atomic E-state index is 13.2. The second-order valence-corrected chi connectivity index (χ2v) is 9.49. The molecule has 2 aromatic rings. The second-order valence-electron chi connectivity index (χ2n) is 9.49. The summed E-state index contributed by atoms with van der Waals surface area (Å²) in [5, 5.41) is 0. The van der Waals surface area contributed by atoms with Crippen molar-refractivity contribution in [2.45, 2.75) is 64.3 Å². The van der Waals surface area contributed by atoms with E-state index in [4.69, 9.17) is 10.5 Å². The first kappa shape index (κ1) is 23.8. The van der Waals surface area contributed by atoms with Gasteiger partial charge in [0.15, 0.2) is 0 Å². The van der Waals surface area contributed by atoms with Gasteiger partial charge >= 0.3 is 6.09 Å². The topological polar surface area (TPSA) is 75.9 Å². The van der Waals surface area contributed by atoms with Crippen molar-refractivity contribution in [3.63, 3.8) is 0 Å². The van der Waals surface area contributed by atoms with E-state index in [1.54, 1.807) is 4.90 Å². The van der Waals surface area contributed by atoms with Crippen LogP contribution in [0.1, 0.15) is 44.7 Å². The average molecular weight is 438 g/mol.